The SMILES string of the molecule is Cc1ccc(N(c2cc(C)c(C)c(C)c2)c2ccc3cc4c(cc3c2)oc2cc3oc5cc6cc(N(c7ccc(C(F)(F)F)cc7)c7cc(C)c(C)c(C)c7)ccc6cc5c3cc24)cc1. The molecule has 11 rings (SSSR count). The second-order valence-electron chi connectivity index (χ2n) is 17.8. The van der Waals surface area contributed by atoms with Gasteiger partial charge in [-0.2, -0.15) is 13.2 Å². The van der Waals surface area contributed by atoms with Gasteiger partial charge in [0, 0.05) is 61.7 Å². The number of benzene rings is 9. The van der Waals surface area contributed by atoms with E-state index in [0.717, 1.165) is 117 Å². The Morgan fingerprint density at radius 2 is 0.708 bits per heavy atom. The van der Waals surface area contributed by atoms with Gasteiger partial charge in [0.05, 0.1) is 5.56 Å². The fourth-order valence-electron chi connectivity index (χ4n) is 9.46. The molecule has 2 heterocycles. The van der Waals surface area contributed by atoms with Crippen LogP contribution in [0.4, 0.5) is 47.3 Å². The summed E-state index contributed by atoms with van der Waals surface area (Å²) < 4.78 is 54.0. The van der Waals surface area contributed by atoms with Crippen molar-refractivity contribution < 1.29 is 22.0 Å². The van der Waals surface area contributed by atoms with Crippen LogP contribution in [-0.4, -0.2) is 0 Å². The molecule has 65 heavy (non-hydrogen) atoms. The molecule has 0 aliphatic carbocycles. The number of nitrogens with zero attached hydrogens (tertiary/aromatic N) is 2. The van der Waals surface area contributed by atoms with Crippen LogP contribution in [0.25, 0.3) is 65.4 Å². The van der Waals surface area contributed by atoms with E-state index in [1.165, 1.54) is 39.9 Å². The maximum Gasteiger partial charge on any atom is 0.416 e. The molecule has 0 saturated heterocycles. The fourth-order valence-corrected chi connectivity index (χ4v) is 9.46. The molecule has 4 nitrogen and oxygen atoms in total. The Balaban J connectivity index is 0.996. The first-order valence-corrected chi connectivity index (χ1v) is 21.9. The Bertz CT molecular complexity index is 3680. The van der Waals surface area contributed by atoms with E-state index in [0.29, 0.717) is 5.69 Å². The zero-order valence-electron chi connectivity index (χ0n) is 37.2. The van der Waals surface area contributed by atoms with E-state index in [1.54, 1.807) is 0 Å². The standard InChI is InChI=1S/C58H45F3N2O2/c1-32-8-14-44(15-9-32)62(48-20-33(2)37(6)34(3)21-48)46-16-10-39-26-50-52-30-53-51-27-40-11-17-47(25-42(40)29-55(51)65-57(53)31-56(52)64-54(50)28-41(39)24-46)63(49-22-35(4)38(7)36(5)23-49)45-18-12-43(13-19-45)58(59,60)61/h8-31H,1-7H3. The Morgan fingerprint density at radius 3 is 1.12 bits per heavy atom. The quantitative estimate of drug-likeness (QED) is 0.167. The summed E-state index contributed by atoms with van der Waals surface area (Å²) in [5.41, 5.74) is 16.3. The van der Waals surface area contributed by atoms with Crippen LogP contribution in [0.15, 0.2) is 154 Å². The third kappa shape index (κ3) is 6.85. The van der Waals surface area contributed by atoms with Crippen molar-refractivity contribution >= 4 is 99.5 Å². The second kappa shape index (κ2) is 14.8. The first kappa shape index (κ1) is 40.3. The summed E-state index contributed by atoms with van der Waals surface area (Å²) in [6.07, 6.45) is -4.43. The minimum absolute atomic E-state index is 0.629. The van der Waals surface area contributed by atoms with Crippen LogP contribution in [0.5, 0.6) is 0 Å². The molecule has 9 aromatic carbocycles. The van der Waals surface area contributed by atoms with Crippen LogP contribution in [-0.2, 0) is 6.18 Å². The third-order valence-corrected chi connectivity index (χ3v) is 13.5. The Kier molecular flexibility index (Phi) is 9.16. The number of aryl methyl sites for hydroxylation is 5. The molecule has 0 aliphatic rings. The topological polar surface area (TPSA) is 32.8 Å². The number of halogens is 3. The van der Waals surface area contributed by atoms with Crippen molar-refractivity contribution in [3.8, 4) is 0 Å². The maximum atomic E-state index is 13.6. The number of hydrogen-bond acceptors (Lipinski definition) is 4. The average Bonchev–Trinajstić information content (AvgIpc) is 3.80. The molecule has 7 heteroatoms. The molecule has 0 radical (unpaired) electrons. The monoisotopic (exact) mass is 858 g/mol. The normalized spacial score (nSPS) is 12.2. The zero-order valence-corrected chi connectivity index (χ0v) is 37.2. The van der Waals surface area contributed by atoms with Crippen molar-refractivity contribution in [3.63, 3.8) is 0 Å². The summed E-state index contributed by atoms with van der Waals surface area (Å²) in [5.74, 6) is 0. The van der Waals surface area contributed by atoms with Gasteiger partial charge >= 0.3 is 6.18 Å². The summed E-state index contributed by atoms with van der Waals surface area (Å²) in [6, 6.07) is 48.3. The van der Waals surface area contributed by atoms with Gasteiger partial charge in [-0.25, -0.2) is 0 Å². The molecule has 0 unspecified atom stereocenters. The first-order valence-electron chi connectivity index (χ1n) is 21.9. The number of fused-ring (bicyclic) bond motifs is 8. The summed E-state index contributed by atoms with van der Waals surface area (Å²) in [5, 5.41) is 8.18. The maximum absolute atomic E-state index is 13.6. The Hall–Kier alpha value is -7.51. The van der Waals surface area contributed by atoms with E-state index in [1.807, 2.05) is 17.0 Å². The molecule has 0 fully saturated rings. The van der Waals surface area contributed by atoms with E-state index in [-0.39, 0.29) is 0 Å². The smallest absolute Gasteiger partial charge is 0.416 e. The molecular formula is C58H45F3N2O2. The molecule has 0 N–H and O–H groups in total. The molecule has 0 aliphatic heterocycles. The van der Waals surface area contributed by atoms with E-state index in [9.17, 15) is 13.2 Å². The van der Waals surface area contributed by atoms with Crippen LogP contribution in [0.2, 0.25) is 0 Å². The largest absolute Gasteiger partial charge is 0.456 e. The van der Waals surface area contributed by atoms with Gasteiger partial charge < -0.3 is 18.6 Å². The third-order valence-electron chi connectivity index (χ3n) is 13.5. The zero-order chi connectivity index (χ0) is 45.1. The number of hydrogen-bond donors (Lipinski definition) is 0. The lowest BCUT2D eigenvalue weighted by molar-refractivity contribution is -0.137. The van der Waals surface area contributed by atoms with Crippen LogP contribution in [0, 0.1) is 48.5 Å². The van der Waals surface area contributed by atoms with Crippen molar-refractivity contribution in [1.82, 2.24) is 0 Å². The van der Waals surface area contributed by atoms with Gasteiger partial charge in [-0.15, -0.1) is 0 Å². The summed E-state index contributed by atoms with van der Waals surface area (Å²) in [6.45, 7) is 14.8. The first-order chi connectivity index (χ1) is 31.2. The fraction of sp³-hybridized carbons (Fsp3) is 0.138. The number of alkyl halides is 3. The predicted molar refractivity (Wildman–Crippen MR) is 264 cm³/mol. The van der Waals surface area contributed by atoms with E-state index >= 15 is 0 Å². The van der Waals surface area contributed by atoms with Gasteiger partial charge in [-0.3, -0.25) is 0 Å². The molecule has 11 aromatic rings. The highest BCUT2D eigenvalue weighted by Crippen LogP contribution is 2.44. The van der Waals surface area contributed by atoms with Gasteiger partial charge in [-0.1, -0.05) is 29.8 Å². The van der Waals surface area contributed by atoms with Crippen LogP contribution >= 0.6 is 0 Å². The summed E-state index contributed by atoms with van der Waals surface area (Å²) in [7, 11) is 0. The summed E-state index contributed by atoms with van der Waals surface area (Å²) in [4.78, 5) is 4.34. The van der Waals surface area contributed by atoms with Gasteiger partial charge in [0.15, 0.2) is 0 Å². The molecule has 0 amide bonds. The lowest BCUT2D eigenvalue weighted by Gasteiger charge is -2.27. The molecule has 0 spiro atoms. The van der Waals surface area contributed by atoms with Gasteiger partial charge in [-0.05, 0) is 219 Å². The number of rotatable bonds is 6. The Labute approximate surface area is 374 Å². The lowest BCUT2D eigenvalue weighted by atomic mass is 10.0. The minimum Gasteiger partial charge on any atom is -0.456 e. The minimum atomic E-state index is -4.43. The number of furan rings is 2. The second-order valence-corrected chi connectivity index (χ2v) is 17.8. The highest BCUT2D eigenvalue weighted by Gasteiger charge is 2.30. The molecule has 2 aromatic heterocycles. The number of anilines is 6. The van der Waals surface area contributed by atoms with Crippen LogP contribution < -0.4 is 9.80 Å². The highest BCUT2D eigenvalue weighted by molar-refractivity contribution is 6.18. The van der Waals surface area contributed by atoms with E-state index in [2.05, 4.69) is 163 Å². The van der Waals surface area contributed by atoms with Gasteiger partial charge in [0.25, 0.3) is 0 Å². The van der Waals surface area contributed by atoms with Gasteiger partial charge in [0.1, 0.15) is 22.3 Å². The lowest BCUT2D eigenvalue weighted by Crippen LogP contribution is -2.12. The predicted octanol–water partition coefficient (Wildman–Crippen LogP) is 17.9. The molecule has 320 valence electrons. The highest BCUT2D eigenvalue weighted by atomic mass is 19.4. The van der Waals surface area contributed by atoms with E-state index in [4.69, 9.17) is 8.83 Å². The van der Waals surface area contributed by atoms with E-state index < -0.39 is 11.7 Å². The molecule has 0 bridgehead atoms. The molecular weight excluding hydrogens is 814 g/mol. The van der Waals surface area contributed by atoms with Crippen LogP contribution in [0.1, 0.15) is 44.5 Å². The van der Waals surface area contributed by atoms with Crippen molar-refractivity contribution in [1.29, 1.82) is 0 Å². The molecule has 0 atom stereocenters. The van der Waals surface area contributed by atoms with Crippen molar-refractivity contribution in [2.45, 2.75) is 54.6 Å². The van der Waals surface area contributed by atoms with Crippen LogP contribution in [0.3, 0.4) is 0 Å². The summed E-state index contributed by atoms with van der Waals surface area (Å²) >= 11 is 0. The van der Waals surface area contributed by atoms with Crippen molar-refractivity contribution in [2.75, 3.05) is 9.80 Å². The van der Waals surface area contributed by atoms with Gasteiger partial charge in [0.2, 0.25) is 0 Å². The Morgan fingerprint density at radius 1 is 0.338 bits per heavy atom. The average molecular weight is 859 g/mol. The van der Waals surface area contributed by atoms with Crippen molar-refractivity contribution in [2.24, 2.45) is 0 Å². The molecule has 0 saturated carbocycles. The van der Waals surface area contributed by atoms with Crippen molar-refractivity contribution in [3.05, 3.63) is 190 Å².